The van der Waals surface area contributed by atoms with E-state index in [0.29, 0.717) is 11.8 Å². The Labute approximate surface area is 75.9 Å². The van der Waals surface area contributed by atoms with E-state index in [-0.39, 0.29) is 11.2 Å². The summed E-state index contributed by atoms with van der Waals surface area (Å²) in [5.41, 5.74) is 0.486. The van der Waals surface area contributed by atoms with Crippen molar-refractivity contribution in [3.63, 3.8) is 0 Å². The van der Waals surface area contributed by atoms with E-state index >= 15 is 0 Å². The van der Waals surface area contributed by atoms with E-state index in [2.05, 4.69) is 0 Å². The Morgan fingerprint density at radius 1 is 1.46 bits per heavy atom. The van der Waals surface area contributed by atoms with Gasteiger partial charge in [0.05, 0.1) is 12.7 Å². The Morgan fingerprint density at radius 2 is 2.15 bits per heavy atom. The van der Waals surface area contributed by atoms with Gasteiger partial charge in [-0.15, -0.1) is 0 Å². The molecule has 0 spiro atoms. The van der Waals surface area contributed by atoms with E-state index in [9.17, 15) is 4.79 Å². The third kappa shape index (κ3) is 1.88. The fraction of sp³-hybridized carbons (Fsp3) is 0.125. The van der Waals surface area contributed by atoms with Crippen molar-refractivity contribution in [3.05, 3.63) is 23.8 Å². The second kappa shape index (κ2) is 4.07. The van der Waals surface area contributed by atoms with Gasteiger partial charge in [-0.3, -0.25) is 4.79 Å². The largest absolute Gasteiger partial charge is 0.496 e. The van der Waals surface area contributed by atoms with E-state index in [1.54, 1.807) is 6.07 Å². The van der Waals surface area contributed by atoms with Crippen LogP contribution >= 0.6 is 0 Å². The zero-order chi connectivity index (χ0) is 9.84. The Morgan fingerprint density at radius 3 is 2.62 bits per heavy atom. The van der Waals surface area contributed by atoms with Crippen LogP contribution in [0.1, 0.15) is 10.4 Å². The van der Waals surface area contributed by atoms with E-state index in [0.717, 1.165) is 0 Å². The lowest BCUT2D eigenvalue weighted by molar-refractivity contribution is 0.112. The number of hydrogen-bond donors (Lipinski definition) is 2. The average molecular weight is 180 g/mol. The lowest BCUT2D eigenvalue weighted by Crippen LogP contribution is -2.31. The maximum Gasteiger partial charge on any atom is 0.492 e. The van der Waals surface area contributed by atoms with Gasteiger partial charge in [0.25, 0.3) is 0 Å². The van der Waals surface area contributed by atoms with Crippen LogP contribution in [0.5, 0.6) is 5.75 Å². The zero-order valence-corrected chi connectivity index (χ0v) is 7.10. The summed E-state index contributed by atoms with van der Waals surface area (Å²) in [7, 11) is -0.261. The van der Waals surface area contributed by atoms with Crippen LogP contribution in [0.3, 0.4) is 0 Å². The minimum Gasteiger partial charge on any atom is -0.496 e. The summed E-state index contributed by atoms with van der Waals surface area (Å²) in [5.74, 6) is 0.201. The first-order chi connectivity index (χ1) is 6.20. The number of carbonyl (C=O) groups is 1. The lowest BCUT2D eigenvalue weighted by Gasteiger charge is -2.08. The Kier molecular flexibility index (Phi) is 3.05. The molecule has 0 aliphatic carbocycles. The van der Waals surface area contributed by atoms with Crippen LogP contribution in [-0.4, -0.2) is 30.6 Å². The van der Waals surface area contributed by atoms with Gasteiger partial charge in [-0.2, -0.15) is 0 Å². The molecule has 13 heavy (non-hydrogen) atoms. The smallest absolute Gasteiger partial charge is 0.492 e. The van der Waals surface area contributed by atoms with Crippen molar-refractivity contribution in [2.75, 3.05) is 7.11 Å². The number of carbonyl (C=O) groups excluding carboxylic acids is 1. The number of ether oxygens (including phenoxy) is 1. The van der Waals surface area contributed by atoms with Crippen LogP contribution in [-0.2, 0) is 0 Å². The lowest BCUT2D eigenvalue weighted by atomic mass is 9.78. The predicted octanol–water partition coefficient (Wildman–Crippen LogP) is -0.813. The number of aldehydes is 1. The number of rotatable bonds is 3. The molecule has 0 radical (unpaired) electrons. The molecule has 0 aromatic heterocycles. The molecule has 0 heterocycles. The molecule has 1 rings (SSSR count). The first-order valence-electron chi connectivity index (χ1n) is 3.69. The summed E-state index contributed by atoms with van der Waals surface area (Å²) in [5, 5.41) is 17.8. The Balaban J connectivity index is 3.26. The van der Waals surface area contributed by atoms with Gasteiger partial charge >= 0.3 is 7.12 Å². The summed E-state index contributed by atoms with van der Waals surface area (Å²) in [6.07, 6.45) is 0.602. The van der Waals surface area contributed by atoms with Crippen LogP contribution in [0.15, 0.2) is 18.2 Å². The average Bonchev–Trinajstić information content (AvgIpc) is 2.16. The molecule has 0 saturated heterocycles. The van der Waals surface area contributed by atoms with Crippen molar-refractivity contribution in [1.29, 1.82) is 0 Å². The van der Waals surface area contributed by atoms with Crippen LogP contribution in [0.2, 0.25) is 0 Å². The molecular weight excluding hydrogens is 171 g/mol. The number of benzene rings is 1. The first-order valence-corrected chi connectivity index (χ1v) is 3.69. The van der Waals surface area contributed by atoms with E-state index in [1.807, 2.05) is 0 Å². The summed E-state index contributed by atoms with van der Waals surface area (Å²) in [4.78, 5) is 10.5. The monoisotopic (exact) mass is 180 g/mol. The second-order valence-electron chi connectivity index (χ2n) is 2.46. The van der Waals surface area contributed by atoms with Gasteiger partial charge in [0.15, 0.2) is 6.29 Å². The van der Waals surface area contributed by atoms with Crippen LogP contribution in [0.25, 0.3) is 0 Å². The van der Waals surface area contributed by atoms with Crippen LogP contribution in [0.4, 0.5) is 0 Å². The highest BCUT2D eigenvalue weighted by Gasteiger charge is 2.18. The molecule has 2 N–H and O–H groups in total. The molecule has 0 fully saturated rings. The predicted molar refractivity (Wildman–Crippen MR) is 48.2 cm³/mol. The molecule has 4 nitrogen and oxygen atoms in total. The normalized spacial score (nSPS) is 9.46. The van der Waals surface area contributed by atoms with Crippen molar-refractivity contribution >= 4 is 18.9 Å². The third-order valence-electron chi connectivity index (χ3n) is 1.69. The van der Waals surface area contributed by atoms with Crippen molar-refractivity contribution in [2.45, 2.75) is 0 Å². The molecular formula is C8H9BO4. The minimum atomic E-state index is -1.63. The number of methoxy groups -OCH3 is 1. The highest BCUT2D eigenvalue weighted by molar-refractivity contribution is 6.59. The van der Waals surface area contributed by atoms with Gasteiger partial charge in [-0.1, -0.05) is 12.1 Å². The molecule has 0 atom stereocenters. The van der Waals surface area contributed by atoms with Crippen molar-refractivity contribution in [3.8, 4) is 5.75 Å². The van der Waals surface area contributed by atoms with Gasteiger partial charge in [-0.05, 0) is 6.07 Å². The van der Waals surface area contributed by atoms with Crippen molar-refractivity contribution in [1.82, 2.24) is 0 Å². The first kappa shape index (κ1) is 9.76. The topological polar surface area (TPSA) is 66.8 Å². The second-order valence-corrected chi connectivity index (χ2v) is 2.46. The standard InChI is InChI=1S/C8H9BO4/c1-13-8-6(5-10)3-2-4-7(8)9(11)12/h2-5,11-12H,1H3. The molecule has 5 heteroatoms. The van der Waals surface area contributed by atoms with Gasteiger partial charge in [0.2, 0.25) is 0 Å². The fourth-order valence-electron chi connectivity index (χ4n) is 1.11. The molecule has 1 aromatic carbocycles. The molecule has 0 bridgehead atoms. The highest BCUT2D eigenvalue weighted by Crippen LogP contribution is 2.12. The fourth-order valence-corrected chi connectivity index (χ4v) is 1.11. The van der Waals surface area contributed by atoms with Crippen molar-refractivity contribution in [2.24, 2.45) is 0 Å². The van der Waals surface area contributed by atoms with E-state index in [1.165, 1.54) is 19.2 Å². The van der Waals surface area contributed by atoms with Crippen LogP contribution < -0.4 is 10.2 Å². The quantitative estimate of drug-likeness (QED) is 0.471. The van der Waals surface area contributed by atoms with Crippen molar-refractivity contribution < 1.29 is 19.6 Å². The van der Waals surface area contributed by atoms with E-state index < -0.39 is 7.12 Å². The minimum absolute atomic E-state index is 0.187. The number of hydrogen-bond acceptors (Lipinski definition) is 4. The summed E-state index contributed by atoms with van der Waals surface area (Å²) in [6, 6.07) is 4.58. The van der Waals surface area contributed by atoms with E-state index in [4.69, 9.17) is 14.8 Å². The number of para-hydroxylation sites is 1. The van der Waals surface area contributed by atoms with Gasteiger partial charge in [-0.25, -0.2) is 0 Å². The molecule has 0 amide bonds. The zero-order valence-electron chi connectivity index (χ0n) is 7.10. The third-order valence-corrected chi connectivity index (χ3v) is 1.69. The molecule has 0 aliphatic heterocycles. The van der Waals surface area contributed by atoms with Crippen LogP contribution in [0, 0.1) is 0 Å². The summed E-state index contributed by atoms with van der Waals surface area (Å²) >= 11 is 0. The Bertz CT molecular complexity index is 311. The SMILES string of the molecule is COc1c(C=O)cccc1B(O)O. The molecule has 0 aliphatic rings. The summed E-state index contributed by atoms with van der Waals surface area (Å²) in [6.45, 7) is 0. The van der Waals surface area contributed by atoms with Gasteiger partial charge in [0, 0.05) is 5.46 Å². The van der Waals surface area contributed by atoms with Gasteiger partial charge < -0.3 is 14.8 Å². The highest BCUT2D eigenvalue weighted by atomic mass is 16.5. The molecule has 68 valence electrons. The molecule has 0 unspecified atom stereocenters. The maximum atomic E-state index is 10.5. The maximum absolute atomic E-state index is 10.5. The molecule has 1 aromatic rings. The summed E-state index contributed by atoms with van der Waals surface area (Å²) < 4.78 is 4.88. The molecule has 0 saturated carbocycles. The Hall–Kier alpha value is -1.33. The van der Waals surface area contributed by atoms with Gasteiger partial charge in [0.1, 0.15) is 5.75 Å².